The molecule has 2 aliphatic heterocycles. The van der Waals surface area contributed by atoms with Crippen molar-refractivity contribution in [2.75, 3.05) is 26.2 Å². The Balaban J connectivity index is 0.00000225. The topological polar surface area (TPSA) is 59.4 Å². The minimum atomic E-state index is -0.363. The predicted octanol–water partition coefficient (Wildman–Crippen LogP) is 3.22. The van der Waals surface area contributed by atoms with Crippen molar-refractivity contribution in [1.29, 1.82) is 0 Å². The molecule has 2 atom stereocenters. The maximum atomic E-state index is 13.3. The van der Waals surface area contributed by atoms with E-state index < -0.39 is 0 Å². The highest BCUT2D eigenvalue weighted by molar-refractivity contribution is 5.92. The highest BCUT2D eigenvalue weighted by atomic mass is 35.5. The van der Waals surface area contributed by atoms with Gasteiger partial charge in [-0.1, -0.05) is 30.3 Å². The summed E-state index contributed by atoms with van der Waals surface area (Å²) in [6, 6.07) is 12.3. The van der Waals surface area contributed by atoms with Crippen molar-refractivity contribution in [3.05, 3.63) is 53.9 Å². The van der Waals surface area contributed by atoms with Gasteiger partial charge in [0.05, 0.1) is 24.7 Å². The standard InChI is InChI=1S/C21H28N4O2.ClH/c1-21(2)15-27-19(16-7-4-3-5-8-16)14-24(21)20(26)18-10-12-25(23-18)17-9-6-11-22-13-17;/h3-5,7-8,10,12,17,19,22H,6,9,11,13-15H2,1-2H3;1H. The zero-order valence-corrected chi connectivity index (χ0v) is 17.3. The Morgan fingerprint density at radius 2 is 2.04 bits per heavy atom. The van der Waals surface area contributed by atoms with E-state index in [1.165, 1.54) is 0 Å². The second-order valence-electron chi connectivity index (χ2n) is 8.12. The minimum Gasteiger partial charge on any atom is -0.369 e. The number of piperidine rings is 1. The summed E-state index contributed by atoms with van der Waals surface area (Å²) in [6.07, 6.45) is 4.07. The van der Waals surface area contributed by atoms with Gasteiger partial charge in [-0.15, -0.1) is 12.4 Å². The average molecular weight is 405 g/mol. The summed E-state index contributed by atoms with van der Waals surface area (Å²) in [5, 5.41) is 8.02. The fraction of sp³-hybridized carbons (Fsp3) is 0.524. The molecule has 1 aromatic heterocycles. The van der Waals surface area contributed by atoms with Crippen LogP contribution in [0, 0.1) is 0 Å². The lowest BCUT2D eigenvalue weighted by molar-refractivity contribution is -0.0848. The molecule has 28 heavy (non-hydrogen) atoms. The number of nitrogens with one attached hydrogen (secondary N) is 1. The van der Waals surface area contributed by atoms with E-state index in [-0.39, 0.29) is 30.0 Å². The fourth-order valence-electron chi connectivity index (χ4n) is 3.93. The Morgan fingerprint density at radius 1 is 1.25 bits per heavy atom. The molecule has 6 nitrogen and oxygen atoms in total. The first-order valence-corrected chi connectivity index (χ1v) is 9.79. The predicted molar refractivity (Wildman–Crippen MR) is 111 cm³/mol. The van der Waals surface area contributed by atoms with E-state index in [9.17, 15) is 4.79 Å². The summed E-state index contributed by atoms with van der Waals surface area (Å²) in [4.78, 5) is 15.2. The van der Waals surface area contributed by atoms with Crippen molar-refractivity contribution >= 4 is 18.3 Å². The molecule has 2 saturated heterocycles. The van der Waals surface area contributed by atoms with E-state index >= 15 is 0 Å². The number of benzene rings is 1. The number of nitrogens with zero attached hydrogens (tertiary/aromatic N) is 3. The number of carbonyl (C=O) groups excluding carboxylic acids is 1. The summed E-state index contributed by atoms with van der Waals surface area (Å²) in [5.41, 5.74) is 1.26. The molecule has 1 amide bonds. The average Bonchev–Trinajstić information content (AvgIpc) is 3.19. The molecule has 152 valence electrons. The monoisotopic (exact) mass is 404 g/mol. The summed E-state index contributed by atoms with van der Waals surface area (Å²) in [5.74, 6) is -0.0215. The normalized spacial score (nSPS) is 24.4. The van der Waals surface area contributed by atoms with Gasteiger partial charge in [-0.05, 0) is 44.9 Å². The van der Waals surface area contributed by atoms with E-state index in [1.807, 2.05) is 53.9 Å². The number of carbonyl (C=O) groups is 1. The summed E-state index contributed by atoms with van der Waals surface area (Å²) in [6.45, 7) is 7.11. The maximum Gasteiger partial charge on any atom is 0.274 e. The first-order chi connectivity index (χ1) is 13.0. The summed E-state index contributed by atoms with van der Waals surface area (Å²) < 4.78 is 8.01. The zero-order valence-electron chi connectivity index (χ0n) is 16.5. The third-order valence-electron chi connectivity index (χ3n) is 5.61. The maximum absolute atomic E-state index is 13.3. The van der Waals surface area contributed by atoms with Gasteiger partial charge in [-0.25, -0.2) is 0 Å². The molecule has 0 saturated carbocycles. The molecule has 2 aliphatic rings. The third-order valence-corrected chi connectivity index (χ3v) is 5.61. The third kappa shape index (κ3) is 4.24. The summed E-state index contributed by atoms with van der Waals surface area (Å²) in [7, 11) is 0. The van der Waals surface area contributed by atoms with Gasteiger partial charge in [0.2, 0.25) is 0 Å². The molecule has 0 aliphatic carbocycles. The Morgan fingerprint density at radius 3 is 2.75 bits per heavy atom. The highest BCUT2D eigenvalue weighted by Gasteiger charge is 2.39. The SMILES string of the molecule is CC1(C)COC(c2ccccc2)CN1C(=O)c1ccn(C2CCCNC2)n1.Cl. The van der Waals surface area contributed by atoms with Gasteiger partial charge in [-0.2, -0.15) is 5.10 Å². The second kappa shape index (κ2) is 8.64. The molecule has 2 unspecified atom stereocenters. The Labute approximate surface area is 172 Å². The van der Waals surface area contributed by atoms with Gasteiger partial charge in [0.1, 0.15) is 11.8 Å². The van der Waals surface area contributed by atoms with Crippen LogP contribution in [0.1, 0.15) is 54.9 Å². The van der Waals surface area contributed by atoms with Crippen molar-refractivity contribution in [3.8, 4) is 0 Å². The lowest BCUT2D eigenvalue weighted by Gasteiger charge is -2.45. The first kappa shape index (κ1) is 20.8. The minimum absolute atomic E-state index is 0. The fourth-order valence-corrected chi connectivity index (χ4v) is 3.93. The van der Waals surface area contributed by atoms with Gasteiger partial charge >= 0.3 is 0 Å². The van der Waals surface area contributed by atoms with Gasteiger partial charge < -0.3 is 15.0 Å². The van der Waals surface area contributed by atoms with Crippen LogP contribution in [0.2, 0.25) is 0 Å². The van der Waals surface area contributed by atoms with Crippen molar-refractivity contribution in [2.45, 2.75) is 44.4 Å². The lowest BCUT2D eigenvalue weighted by atomic mass is 9.97. The second-order valence-corrected chi connectivity index (χ2v) is 8.12. The van der Waals surface area contributed by atoms with Crippen molar-refractivity contribution < 1.29 is 9.53 Å². The number of ether oxygens (including phenoxy) is 1. The molecule has 2 fully saturated rings. The van der Waals surface area contributed by atoms with E-state index in [0.717, 1.165) is 31.5 Å². The molecule has 2 aromatic rings. The van der Waals surface area contributed by atoms with Crippen LogP contribution in [0.4, 0.5) is 0 Å². The molecule has 4 rings (SSSR count). The van der Waals surface area contributed by atoms with E-state index in [0.29, 0.717) is 24.9 Å². The molecule has 7 heteroatoms. The van der Waals surface area contributed by atoms with Crippen LogP contribution in [0.15, 0.2) is 42.6 Å². The van der Waals surface area contributed by atoms with E-state index in [2.05, 4.69) is 22.5 Å². The van der Waals surface area contributed by atoms with Gasteiger partial charge in [0.25, 0.3) is 5.91 Å². The van der Waals surface area contributed by atoms with Crippen molar-refractivity contribution in [2.24, 2.45) is 0 Å². The number of halogens is 1. The van der Waals surface area contributed by atoms with Crippen LogP contribution in [0.25, 0.3) is 0 Å². The Hall–Kier alpha value is -1.89. The number of hydrogen-bond acceptors (Lipinski definition) is 4. The lowest BCUT2D eigenvalue weighted by Crippen LogP contribution is -2.56. The summed E-state index contributed by atoms with van der Waals surface area (Å²) >= 11 is 0. The molecule has 0 spiro atoms. The van der Waals surface area contributed by atoms with Crippen LogP contribution >= 0.6 is 12.4 Å². The zero-order chi connectivity index (χ0) is 18.9. The van der Waals surface area contributed by atoms with Crippen LogP contribution in [0.5, 0.6) is 0 Å². The molecule has 0 radical (unpaired) electrons. The number of aromatic nitrogens is 2. The molecular weight excluding hydrogens is 376 g/mol. The van der Waals surface area contributed by atoms with Gasteiger partial charge in [-0.3, -0.25) is 9.48 Å². The van der Waals surface area contributed by atoms with Gasteiger partial charge in [0.15, 0.2) is 0 Å². The first-order valence-electron chi connectivity index (χ1n) is 9.79. The number of morpholine rings is 1. The molecular formula is C21H29ClN4O2. The molecule has 3 heterocycles. The van der Waals surface area contributed by atoms with Crippen LogP contribution in [0.3, 0.4) is 0 Å². The number of amides is 1. The molecule has 1 aromatic carbocycles. The molecule has 0 bridgehead atoms. The molecule has 1 N–H and O–H groups in total. The number of hydrogen-bond donors (Lipinski definition) is 1. The van der Waals surface area contributed by atoms with Crippen molar-refractivity contribution in [3.63, 3.8) is 0 Å². The quantitative estimate of drug-likeness (QED) is 0.853. The van der Waals surface area contributed by atoms with E-state index in [1.54, 1.807) is 0 Å². The van der Waals surface area contributed by atoms with Crippen LogP contribution in [-0.2, 0) is 4.74 Å². The highest BCUT2D eigenvalue weighted by Crippen LogP contribution is 2.31. The Kier molecular flexibility index (Phi) is 6.43. The van der Waals surface area contributed by atoms with Crippen LogP contribution in [-0.4, -0.2) is 52.4 Å². The number of rotatable bonds is 3. The smallest absolute Gasteiger partial charge is 0.274 e. The van der Waals surface area contributed by atoms with Crippen molar-refractivity contribution in [1.82, 2.24) is 20.0 Å². The Bertz CT molecular complexity index is 787. The van der Waals surface area contributed by atoms with E-state index in [4.69, 9.17) is 4.74 Å². The largest absolute Gasteiger partial charge is 0.369 e. The van der Waals surface area contributed by atoms with Gasteiger partial charge in [0, 0.05) is 12.7 Å². The van der Waals surface area contributed by atoms with Crippen LogP contribution < -0.4 is 5.32 Å².